The number of halogens is 3. The van der Waals surface area contributed by atoms with E-state index in [-0.39, 0.29) is 50.1 Å². The highest BCUT2D eigenvalue weighted by atomic mass is 79.9. The Morgan fingerprint density at radius 1 is 1.21 bits per heavy atom. The third kappa shape index (κ3) is 4.39. The minimum atomic E-state index is -3.86. The predicted octanol–water partition coefficient (Wildman–Crippen LogP) is 4.19. The Kier molecular flexibility index (Phi) is 6.39. The van der Waals surface area contributed by atoms with Gasteiger partial charge in [-0.3, -0.25) is 4.90 Å². The summed E-state index contributed by atoms with van der Waals surface area (Å²) in [4.78, 5) is 24.7. The third-order valence-corrected chi connectivity index (χ3v) is 7.99. The van der Waals surface area contributed by atoms with E-state index in [2.05, 4.69) is 25.9 Å². The van der Waals surface area contributed by atoms with Crippen LogP contribution in [0.3, 0.4) is 0 Å². The van der Waals surface area contributed by atoms with Gasteiger partial charge in [0.2, 0.25) is 15.0 Å². The number of hydrogen-bond donors (Lipinski definition) is 0. The van der Waals surface area contributed by atoms with E-state index in [4.69, 9.17) is 21.1 Å². The highest BCUT2D eigenvalue weighted by Gasteiger charge is 2.45. The molecule has 0 aliphatic carbocycles. The van der Waals surface area contributed by atoms with Crippen LogP contribution in [-0.2, 0) is 14.6 Å². The molecule has 0 N–H and O–H groups in total. The van der Waals surface area contributed by atoms with E-state index >= 15 is 4.39 Å². The molecular weight excluding hydrogens is 555 g/mol. The molecule has 2 fully saturated rings. The molecule has 3 heterocycles. The summed E-state index contributed by atoms with van der Waals surface area (Å²) >= 11 is 9.44. The van der Waals surface area contributed by atoms with Crippen LogP contribution in [-0.4, -0.2) is 73.5 Å². The van der Waals surface area contributed by atoms with Gasteiger partial charge in [0.15, 0.2) is 11.6 Å². The van der Waals surface area contributed by atoms with Crippen LogP contribution >= 0.6 is 27.5 Å². The monoisotopic (exact) mass is 578 g/mol. The van der Waals surface area contributed by atoms with Crippen LogP contribution in [0.2, 0.25) is 5.02 Å². The molecule has 4 rings (SSSR count). The number of rotatable bonds is 3. The van der Waals surface area contributed by atoms with E-state index in [1.165, 1.54) is 7.11 Å². The second kappa shape index (κ2) is 8.63. The average molecular weight is 580 g/mol. The number of methoxy groups -OCH3 is 1. The first kappa shape index (κ1) is 25.2. The van der Waals surface area contributed by atoms with Crippen LogP contribution in [0, 0.1) is 5.82 Å². The fourth-order valence-corrected chi connectivity index (χ4v) is 5.61. The minimum Gasteiger partial charge on any atom is -0.494 e. The Hall–Kier alpha value is -1.92. The van der Waals surface area contributed by atoms with Crippen LogP contribution in [0.15, 0.2) is 9.63 Å². The lowest BCUT2D eigenvalue weighted by Gasteiger charge is -2.42. The number of nitrogens with zero attached hydrogens (tertiary/aromatic N) is 4. The Morgan fingerprint density at radius 2 is 1.79 bits per heavy atom. The first-order chi connectivity index (χ1) is 15.7. The third-order valence-electron chi connectivity index (χ3n) is 5.81. The summed E-state index contributed by atoms with van der Waals surface area (Å²) < 4.78 is 50.9. The maximum absolute atomic E-state index is 15.2. The molecule has 1 aromatic heterocycles. The normalized spacial score (nSPS) is 20.7. The Morgan fingerprint density at radius 3 is 2.29 bits per heavy atom. The number of ether oxygens (including phenoxy) is 2. The first-order valence-electron chi connectivity index (χ1n) is 10.6. The van der Waals surface area contributed by atoms with Crippen LogP contribution in [0.4, 0.5) is 15.0 Å². The fraction of sp³-hybridized carbons (Fsp3) is 0.571. The summed E-state index contributed by atoms with van der Waals surface area (Å²) in [5, 5.41) is -0.349. The maximum Gasteiger partial charge on any atom is 0.410 e. The molecule has 0 saturated carbocycles. The molecule has 2 atom stereocenters. The molecule has 9 nitrogen and oxygen atoms in total. The smallest absolute Gasteiger partial charge is 0.410 e. The zero-order valence-corrected chi connectivity index (χ0v) is 22.5. The molecule has 2 aliphatic heterocycles. The Labute approximate surface area is 210 Å². The van der Waals surface area contributed by atoms with Crippen molar-refractivity contribution in [3.63, 3.8) is 0 Å². The summed E-state index contributed by atoms with van der Waals surface area (Å²) in [6, 6.07) is -0.357. The molecule has 2 saturated heterocycles. The number of carbonyl (C=O) groups is 1. The van der Waals surface area contributed by atoms with Crippen LogP contribution < -0.4 is 9.64 Å². The van der Waals surface area contributed by atoms with Gasteiger partial charge in [0.05, 0.1) is 29.1 Å². The number of piperazine rings is 1. The standard InChI is InChI=1S/C21H25BrClFN4O5S/c1-21(2,3)33-20(29)28-10-6-7-11(28)9-27(8-10)18-12-16(25-19(26-18)34(5,30)31)15(24)13(22)14(23)17(12)32-4/h10-11H,6-9H2,1-5H3. The van der Waals surface area contributed by atoms with Crippen molar-refractivity contribution in [2.75, 3.05) is 31.4 Å². The van der Waals surface area contributed by atoms with Crippen molar-refractivity contribution in [2.24, 2.45) is 0 Å². The zero-order valence-electron chi connectivity index (χ0n) is 19.4. The molecule has 2 aromatic rings. The van der Waals surface area contributed by atoms with Crippen molar-refractivity contribution in [3.8, 4) is 5.75 Å². The molecule has 34 heavy (non-hydrogen) atoms. The molecule has 2 aliphatic rings. The lowest BCUT2D eigenvalue weighted by atomic mass is 10.1. The number of fused-ring (bicyclic) bond motifs is 3. The zero-order chi connectivity index (χ0) is 25.2. The van der Waals surface area contributed by atoms with Crippen LogP contribution in [0.25, 0.3) is 10.9 Å². The molecule has 13 heteroatoms. The number of anilines is 1. The molecule has 2 bridgehead atoms. The van der Waals surface area contributed by atoms with E-state index in [1.807, 2.05) is 25.7 Å². The van der Waals surface area contributed by atoms with Gasteiger partial charge in [-0.05, 0) is 49.5 Å². The SMILES string of the molecule is COc1c(Cl)c(Br)c(F)c2nc(S(C)(=O)=O)nc(N3CC4CCC(C3)N4C(=O)OC(C)(C)C)c12. The van der Waals surface area contributed by atoms with Crippen molar-refractivity contribution in [2.45, 2.75) is 56.5 Å². The van der Waals surface area contributed by atoms with E-state index in [9.17, 15) is 13.2 Å². The number of hydrogen-bond acceptors (Lipinski definition) is 8. The number of carbonyl (C=O) groups excluding carboxylic acids is 1. The lowest BCUT2D eigenvalue weighted by molar-refractivity contribution is 0.0123. The molecule has 186 valence electrons. The highest BCUT2D eigenvalue weighted by Crippen LogP contribution is 2.45. The van der Waals surface area contributed by atoms with E-state index in [0.717, 1.165) is 19.1 Å². The van der Waals surface area contributed by atoms with Crippen molar-refractivity contribution in [1.29, 1.82) is 0 Å². The molecule has 0 radical (unpaired) electrons. The number of sulfone groups is 1. The number of benzene rings is 1. The van der Waals surface area contributed by atoms with Crippen molar-refractivity contribution in [3.05, 3.63) is 15.3 Å². The number of aromatic nitrogens is 2. The second-order valence-corrected chi connectivity index (χ2v) is 12.6. The van der Waals surface area contributed by atoms with Gasteiger partial charge in [-0.2, -0.15) is 0 Å². The van der Waals surface area contributed by atoms with Gasteiger partial charge < -0.3 is 14.4 Å². The highest BCUT2D eigenvalue weighted by molar-refractivity contribution is 9.10. The van der Waals surface area contributed by atoms with Gasteiger partial charge in [-0.25, -0.2) is 27.6 Å². The molecule has 1 amide bonds. The van der Waals surface area contributed by atoms with E-state index < -0.39 is 26.4 Å². The largest absolute Gasteiger partial charge is 0.494 e. The number of amides is 1. The molecule has 1 aromatic carbocycles. The fourth-order valence-electron chi connectivity index (χ4n) is 4.48. The molecule has 2 unspecified atom stereocenters. The predicted molar refractivity (Wildman–Crippen MR) is 129 cm³/mol. The van der Waals surface area contributed by atoms with E-state index in [1.54, 1.807) is 4.90 Å². The second-order valence-electron chi connectivity index (χ2n) is 9.48. The van der Waals surface area contributed by atoms with Gasteiger partial charge in [0.25, 0.3) is 0 Å². The summed E-state index contributed by atoms with van der Waals surface area (Å²) in [5.41, 5.74) is -0.851. The molecule has 0 spiro atoms. The average Bonchev–Trinajstić information content (AvgIpc) is 3.00. The summed E-state index contributed by atoms with van der Waals surface area (Å²) in [6.07, 6.45) is 2.07. The summed E-state index contributed by atoms with van der Waals surface area (Å²) in [5.74, 6) is -0.497. The van der Waals surface area contributed by atoms with Gasteiger partial charge in [0.1, 0.15) is 22.0 Å². The van der Waals surface area contributed by atoms with Crippen LogP contribution in [0.1, 0.15) is 33.6 Å². The van der Waals surface area contributed by atoms with Gasteiger partial charge >= 0.3 is 6.09 Å². The van der Waals surface area contributed by atoms with Crippen molar-refractivity contribution in [1.82, 2.24) is 14.9 Å². The summed E-state index contributed by atoms with van der Waals surface area (Å²) in [6.45, 7) is 6.13. The lowest BCUT2D eigenvalue weighted by Crippen LogP contribution is -2.57. The van der Waals surface area contributed by atoms with Gasteiger partial charge in [0, 0.05) is 19.3 Å². The first-order valence-corrected chi connectivity index (χ1v) is 13.7. The van der Waals surface area contributed by atoms with Crippen molar-refractivity contribution < 1.29 is 27.1 Å². The Bertz CT molecular complexity index is 1270. The minimum absolute atomic E-state index is 0.0141. The Balaban J connectivity index is 1.85. The van der Waals surface area contributed by atoms with Crippen molar-refractivity contribution >= 4 is 60.2 Å². The van der Waals surface area contributed by atoms with Crippen LogP contribution in [0.5, 0.6) is 5.75 Å². The summed E-state index contributed by atoms with van der Waals surface area (Å²) in [7, 11) is -2.48. The van der Waals surface area contributed by atoms with Gasteiger partial charge in [-0.15, -0.1) is 0 Å². The quantitative estimate of drug-likeness (QED) is 0.394. The molecular formula is C21H25BrClFN4O5S. The van der Waals surface area contributed by atoms with Gasteiger partial charge in [-0.1, -0.05) is 11.6 Å². The topological polar surface area (TPSA) is 102 Å². The maximum atomic E-state index is 15.2. The van der Waals surface area contributed by atoms with E-state index in [0.29, 0.717) is 13.1 Å².